The molecule has 4 rings (SSSR count). The summed E-state index contributed by atoms with van der Waals surface area (Å²) < 4.78 is 2.17. The maximum atomic E-state index is 6.37. The molecule has 0 amide bonds. The number of likely N-dealkylation sites (tertiary alicyclic amines) is 1. The predicted octanol–water partition coefficient (Wildman–Crippen LogP) is 3.62. The maximum absolute atomic E-state index is 6.37. The number of halogens is 1. The van der Waals surface area contributed by atoms with Gasteiger partial charge in [0, 0.05) is 25.2 Å². The average molecular weight is 314 g/mol. The number of hydrogen-bond acceptors (Lipinski definition) is 2. The Balaban J connectivity index is 1.93. The first-order valence-corrected chi connectivity index (χ1v) is 8.32. The van der Waals surface area contributed by atoms with Crippen LogP contribution in [0.2, 0.25) is 5.15 Å². The van der Waals surface area contributed by atoms with Crippen molar-refractivity contribution in [2.24, 2.45) is 0 Å². The number of nitrogens with zero attached hydrogens (tertiary/aromatic N) is 3. The number of imidazole rings is 1. The quantitative estimate of drug-likeness (QED) is 0.740. The van der Waals surface area contributed by atoms with E-state index in [2.05, 4.69) is 45.8 Å². The molecule has 0 spiro atoms. The Morgan fingerprint density at radius 1 is 1.05 bits per heavy atom. The van der Waals surface area contributed by atoms with E-state index >= 15 is 0 Å². The molecule has 3 heterocycles. The standard InChI is InChI=1S/C18H20ClN3/c1-21-9-6-14(7-10-21)17-15-5-3-2-4-13(15)8-11-22-16(19)12-20-18(17)22/h2-5,12H,6-11H2,1H3. The first-order chi connectivity index (χ1) is 10.7. The third kappa shape index (κ3) is 2.29. The minimum Gasteiger partial charge on any atom is -0.315 e. The number of rotatable bonds is 0. The van der Waals surface area contributed by atoms with Gasteiger partial charge in [-0.05, 0) is 37.4 Å². The van der Waals surface area contributed by atoms with Crippen LogP contribution in [0, 0.1) is 0 Å². The van der Waals surface area contributed by atoms with Gasteiger partial charge in [-0.1, -0.05) is 41.4 Å². The number of fused-ring (bicyclic) bond motifs is 2. The highest BCUT2D eigenvalue weighted by atomic mass is 35.5. The van der Waals surface area contributed by atoms with Gasteiger partial charge in [0.05, 0.1) is 6.20 Å². The highest BCUT2D eigenvalue weighted by Gasteiger charge is 2.25. The molecule has 22 heavy (non-hydrogen) atoms. The zero-order chi connectivity index (χ0) is 15.1. The maximum Gasteiger partial charge on any atom is 0.141 e. The molecule has 2 aliphatic rings. The molecule has 0 atom stereocenters. The fraction of sp³-hybridized carbons (Fsp3) is 0.389. The van der Waals surface area contributed by atoms with Crippen LogP contribution in [0.25, 0.3) is 5.57 Å². The van der Waals surface area contributed by atoms with Gasteiger partial charge in [0.25, 0.3) is 0 Å². The summed E-state index contributed by atoms with van der Waals surface area (Å²) >= 11 is 6.37. The first-order valence-electron chi connectivity index (χ1n) is 7.94. The summed E-state index contributed by atoms with van der Waals surface area (Å²) in [5.41, 5.74) is 5.61. The van der Waals surface area contributed by atoms with Gasteiger partial charge < -0.3 is 9.47 Å². The van der Waals surface area contributed by atoms with Gasteiger partial charge in [-0.15, -0.1) is 0 Å². The zero-order valence-electron chi connectivity index (χ0n) is 12.8. The molecule has 3 nitrogen and oxygen atoms in total. The summed E-state index contributed by atoms with van der Waals surface area (Å²) in [5, 5.41) is 0.744. The molecular weight excluding hydrogens is 294 g/mol. The van der Waals surface area contributed by atoms with Crippen molar-refractivity contribution < 1.29 is 0 Å². The molecule has 2 aliphatic heterocycles. The van der Waals surface area contributed by atoms with Crippen molar-refractivity contribution in [3.8, 4) is 0 Å². The van der Waals surface area contributed by atoms with E-state index in [1.165, 1.54) is 22.3 Å². The third-order valence-corrected chi connectivity index (χ3v) is 5.17. The Bertz CT molecular complexity index is 735. The van der Waals surface area contributed by atoms with Crippen molar-refractivity contribution in [2.75, 3.05) is 20.1 Å². The van der Waals surface area contributed by atoms with Crippen LogP contribution in [0.3, 0.4) is 0 Å². The minimum absolute atomic E-state index is 0.744. The van der Waals surface area contributed by atoms with Crippen molar-refractivity contribution in [1.82, 2.24) is 14.5 Å². The zero-order valence-corrected chi connectivity index (χ0v) is 13.6. The van der Waals surface area contributed by atoms with Gasteiger partial charge >= 0.3 is 0 Å². The Labute approximate surface area is 136 Å². The number of benzene rings is 1. The topological polar surface area (TPSA) is 21.1 Å². The van der Waals surface area contributed by atoms with Crippen LogP contribution < -0.4 is 0 Å². The first kappa shape index (κ1) is 14.0. The summed E-state index contributed by atoms with van der Waals surface area (Å²) in [6.07, 6.45) is 5.03. The highest BCUT2D eigenvalue weighted by Crippen LogP contribution is 2.36. The van der Waals surface area contributed by atoms with Crippen LogP contribution in [0.4, 0.5) is 0 Å². The monoisotopic (exact) mass is 313 g/mol. The van der Waals surface area contributed by atoms with Gasteiger partial charge in [-0.2, -0.15) is 0 Å². The van der Waals surface area contributed by atoms with Crippen LogP contribution in [0.5, 0.6) is 0 Å². The van der Waals surface area contributed by atoms with E-state index in [-0.39, 0.29) is 0 Å². The lowest BCUT2D eigenvalue weighted by Gasteiger charge is -2.26. The summed E-state index contributed by atoms with van der Waals surface area (Å²) in [7, 11) is 2.19. The van der Waals surface area contributed by atoms with E-state index < -0.39 is 0 Å². The SMILES string of the molecule is CN1CCC(=C2c3ccccc3CCn3c(Cl)cnc32)CC1. The number of piperidine rings is 1. The van der Waals surface area contributed by atoms with Crippen molar-refractivity contribution >= 4 is 17.2 Å². The molecule has 2 aromatic rings. The summed E-state index contributed by atoms with van der Waals surface area (Å²) in [5.74, 6) is 1.05. The Morgan fingerprint density at radius 3 is 2.64 bits per heavy atom. The molecule has 0 N–H and O–H groups in total. The Hall–Kier alpha value is -1.58. The average Bonchev–Trinajstić information content (AvgIpc) is 2.80. The van der Waals surface area contributed by atoms with Crippen LogP contribution >= 0.6 is 11.6 Å². The lowest BCUT2D eigenvalue weighted by molar-refractivity contribution is 0.313. The second kappa shape index (κ2) is 5.56. The summed E-state index contributed by atoms with van der Waals surface area (Å²) in [4.78, 5) is 7.05. The molecule has 1 saturated heterocycles. The van der Waals surface area contributed by atoms with Crippen LogP contribution in [-0.2, 0) is 13.0 Å². The molecule has 0 radical (unpaired) electrons. The van der Waals surface area contributed by atoms with E-state index in [0.29, 0.717) is 0 Å². The number of hydrogen-bond donors (Lipinski definition) is 0. The van der Waals surface area contributed by atoms with Crippen molar-refractivity contribution in [2.45, 2.75) is 25.8 Å². The largest absolute Gasteiger partial charge is 0.315 e. The number of aryl methyl sites for hydroxylation is 1. The lowest BCUT2D eigenvalue weighted by Crippen LogP contribution is -2.27. The normalized spacial score (nSPS) is 18.8. The van der Waals surface area contributed by atoms with Gasteiger partial charge in [0.1, 0.15) is 11.0 Å². The van der Waals surface area contributed by atoms with E-state index in [4.69, 9.17) is 11.6 Å². The van der Waals surface area contributed by atoms with E-state index in [1.54, 1.807) is 6.20 Å². The molecule has 1 aromatic heterocycles. The van der Waals surface area contributed by atoms with Gasteiger partial charge in [0.2, 0.25) is 0 Å². The summed E-state index contributed by atoms with van der Waals surface area (Å²) in [6, 6.07) is 8.75. The van der Waals surface area contributed by atoms with Gasteiger partial charge in [0.15, 0.2) is 0 Å². The molecular formula is C18H20ClN3. The second-order valence-corrected chi connectivity index (χ2v) is 6.63. The molecule has 0 unspecified atom stereocenters. The second-order valence-electron chi connectivity index (χ2n) is 6.25. The van der Waals surface area contributed by atoms with Crippen LogP contribution in [0.15, 0.2) is 36.0 Å². The van der Waals surface area contributed by atoms with Crippen LogP contribution in [0.1, 0.15) is 29.8 Å². The molecule has 0 bridgehead atoms. The Kier molecular flexibility index (Phi) is 3.55. The minimum atomic E-state index is 0.744. The Morgan fingerprint density at radius 2 is 1.82 bits per heavy atom. The van der Waals surface area contributed by atoms with Gasteiger partial charge in [-0.3, -0.25) is 0 Å². The summed E-state index contributed by atoms with van der Waals surface area (Å²) in [6.45, 7) is 3.15. The van der Waals surface area contributed by atoms with E-state index in [1.807, 2.05) is 0 Å². The lowest BCUT2D eigenvalue weighted by atomic mass is 9.90. The number of aromatic nitrogens is 2. The molecule has 1 fully saturated rings. The van der Waals surface area contributed by atoms with Crippen molar-refractivity contribution in [3.63, 3.8) is 0 Å². The van der Waals surface area contributed by atoms with Gasteiger partial charge in [-0.25, -0.2) is 4.98 Å². The van der Waals surface area contributed by atoms with Crippen LogP contribution in [-0.4, -0.2) is 34.6 Å². The van der Waals surface area contributed by atoms with E-state index in [9.17, 15) is 0 Å². The molecule has 114 valence electrons. The van der Waals surface area contributed by atoms with Crippen molar-refractivity contribution in [3.05, 3.63) is 58.1 Å². The smallest absolute Gasteiger partial charge is 0.141 e. The molecule has 0 aliphatic carbocycles. The molecule has 0 saturated carbocycles. The fourth-order valence-corrected chi connectivity index (χ4v) is 3.80. The van der Waals surface area contributed by atoms with E-state index in [0.717, 1.165) is 49.9 Å². The third-order valence-electron chi connectivity index (χ3n) is 4.87. The fourth-order valence-electron chi connectivity index (χ4n) is 3.59. The molecule has 4 heteroatoms. The molecule has 1 aromatic carbocycles. The highest BCUT2D eigenvalue weighted by molar-refractivity contribution is 6.29. The van der Waals surface area contributed by atoms with Crippen molar-refractivity contribution in [1.29, 1.82) is 0 Å². The predicted molar refractivity (Wildman–Crippen MR) is 90.1 cm³/mol.